The highest BCUT2D eigenvalue weighted by Gasteiger charge is 2.43. The van der Waals surface area contributed by atoms with Crippen LogP contribution in [0.1, 0.15) is 25.7 Å². The van der Waals surface area contributed by atoms with Gasteiger partial charge >= 0.3 is 19.8 Å². The minimum absolute atomic E-state index is 0.116. The number of nitrogens with two attached hydrogens (primary N) is 3. The number of carbonyl (C=O) groups excluding carboxylic acids is 4. The van der Waals surface area contributed by atoms with Crippen molar-refractivity contribution in [1.29, 1.82) is 0 Å². The molecule has 0 spiro atoms. The third-order valence-electron chi connectivity index (χ3n) is 5.30. The van der Waals surface area contributed by atoms with E-state index in [1.807, 2.05) is 0 Å². The second kappa shape index (κ2) is 17.8. The number of hydrogen-bond acceptors (Lipinski definition) is 14. The number of aliphatic hydroxyl groups is 3. The van der Waals surface area contributed by atoms with Crippen LogP contribution in [0.3, 0.4) is 0 Å². The predicted molar refractivity (Wildman–Crippen MR) is 142 cm³/mol. The number of carboxylic acid groups (broad SMARTS) is 1. The lowest BCUT2D eigenvalue weighted by Crippen LogP contribution is -2.51. The Morgan fingerprint density at radius 2 is 1.81 bits per heavy atom. The summed E-state index contributed by atoms with van der Waals surface area (Å²) in [5.41, 5.74) is 16.1. The molecule has 3 unspecified atom stereocenters. The monoisotopic (exact) mass is 641 g/mol. The van der Waals surface area contributed by atoms with Crippen LogP contribution in [0.2, 0.25) is 0 Å². The standard InChI is InChI=1S/C21H36N7O14P/c22-10(3-1-4-26-21(23)24)18(35)27-8-13(31)28-11(7-14(32)33)19(36)25-5-2-6-40-43(38,39)42-17-15(34)16(12(30)9-29)41-20(17)37/h10-12,16,29-30,34H,1-9,22H2,(H,25,36)(H,27,35)(H,28,31)(H,32,33)(H,38,39)(H4,23,24,26)/t10?,11-,12-,16?/m0/s1. The van der Waals surface area contributed by atoms with Gasteiger partial charge in [-0.05, 0) is 19.3 Å². The van der Waals surface area contributed by atoms with Crippen LogP contribution in [-0.2, 0) is 42.3 Å². The average Bonchev–Trinajstić information content (AvgIpc) is 3.20. The topological polar surface area (TPSA) is 358 Å². The van der Waals surface area contributed by atoms with Crippen molar-refractivity contribution in [2.75, 3.05) is 32.8 Å². The van der Waals surface area contributed by atoms with Crippen molar-refractivity contribution in [3.63, 3.8) is 0 Å². The molecule has 0 fully saturated rings. The van der Waals surface area contributed by atoms with Crippen molar-refractivity contribution >= 4 is 43.4 Å². The highest BCUT2D eigenvalue weighted by molar-refractivity contribution is 7.47. The molecular formula is C21H36N7O14P. The second-order valence-electron chi connectivity index (χ2n) is 8.82. The summed E-state index contributed by atoms with van der Waals surface area (Å²) in [6.07, 6.45) is -3.81. The summed E-state index contributed by atoms with van der Waals surface area (Å²) < 4.78 is 25.8. The molecule has 0 aliphatic carbocycles. The number of esters is 1. The zero-order chi connectivity index (χ0) is 32.7. The van der Waals surface area contributed by atoms with Crippen molar-refractivity contribution in [3.8, 4) is 0 Å². The van der Waals surface area contributed by atoms with Gasteiger partial charge in [0.05, 0.1) is 32.2 Å². The highest BCUT2D eigenvalue weighted by atomic mass is 31.2. The minimum Gasteiger partial charge on any atom is -0.505 e. The van der Waals surface area contributed by atoms with E-state index < -0.39 is 99.5 Å². The zero-order valence-electron chi connectivity index (χ0n) is 22.7. The Morgan fingerprint density at radius 1 is 1.14 bits per heavy atom. The van der Waals surface area contributed by atoms with Gasteiger partial charge < -0.3 is 62.8 Å². The summed E-state index contributed by atoms with van der Waals surface area (Å²) >= 11 is 0. The van der Waals surface area contributed by atoms with Crippen LogP contribution in [0.15, 0.2) is 16.5 Å². The van der Waals surface area contributed by atoms with E-state index in [1.165, 1.54) is 0 Å². The van der Waals surface area contributed by atoms with Gasteiger partial charge in [0, 0.05) is 13.1 Å². The van der Waals surface area contributed by atoms with Gasteiger partial charge in [-0.3, -0.25) is 33.6 Å². The van der Waals surface area contributed by atoms with Gasteiger partial charge in [0.1, 0.15) is 12.1 Å². The first-order valence-corrected chi connectivity index (χ1v) is 14.0. The molecule has 22 heteroatoms. The molecule has 0 aromatic heterocycles. The lowest BCUT2D eigenvalue weighted by Gasteiger charge is -2.18. The second-order valence-corrected chi connectivity index (χ2v) is 10.2. The Balaban J connectivity index is 2.50. The average molecular weight is 642 g/mol. The maximum absolute atomic E-state index is 12.4. The normalized spacial score (nSPS) is 18.0. The molecule has 0 aromatic rings. The molecule has 0 radical (unpaired) electrons. The molecule has 244 valence electrons. The number of aliphatic hydroxyl groups excluding tert-OH is 3. The number of nitrogens with one attached hydrogen (secondary N) is 3. The number of amides is 3. The van der Waals surface area contributed by atoms with E-state index >= 15 is 0 Å². The molecule has 0 saturated carbocycles. The molecule has 14 N–H and O–H groups in total. The van der Waals surface area contributed by atoms with Crippen LogP contribution >= 0.6 is 7.82 Å². The van der Waals surface area contributed by atoms with Gasteiger partial charge in [-0.1, -0.05) is 0 Å². The number of carboxylic acids is 1. The summed E-state index contributed by atoms with van der Waals surface area (Å²) in [6, 6.07) is -2.53. The van der Waals surface area contributed by atoms with Crippen molar-refractivity contribution in [1.82, 2.24) is 16.0 Å². The van der Waals surface area contributed by atoms with E-state index in [9.17, 15) is 43.6 Å². The predicted octanol–water partition coefficient (Wildman–Crippen LogP) is -4.87. The molecule has 5 atom stereocenters. The number of phosphoric acid groups is 1. The number of phosphoric ester groups is 1. The van der Waals surface area contributed by atoms with Gasteiger partial charge in [0.15, 0.2) is 17.8 Å². The fraction of sp³-hybridized carbons (Fsp3) is 0.619. The van der Waals surface area contributed by atoms with E-state index in [-0.39, 0.29) is 31.9 Å². The zero-order valence-corrected chi connectivity index (χ0v) is 23.6. The number of aliphatic imine (C=N–C) groups is 1. The van der Waals surface area contributed by atoms with Gasteiger partial charge in [0.25, 0.3) is 5.76 Å². The van der Waals surface area contributed by atoms with Crippen molar-refractivity contribution in [2.45, 2.75) is 50.0 Å². The number of guanidine groups is 1. The van der Waals surface area contributed by atoms with Crippen LogP contribution in [0, 0.1) is 0 Å². The summed E-state index contributed by atoms with van der Waals surface area (Å²) in [7, 11) is -5.01. The van der Waals surface area contributed by atoms with Crippen molar-refractivity contribution < 1.29 is 67.6 Å². The van der Waals surface area contributed by atoms with E-state index in [2.05, 4.69) is 34.7 Å². The van der Waals surface area contributed by atoms with Gasteiger partial charge in [-0.15, -0.1) is 0 Å². The molecule has 43 heavy (non-hydrogen) atoms. The summed E-state index contributed by atoms with van der Waals surface area (Å²) in [4.78, 5) is 73.0. The van der Waals surface area contributed by atoms with Crippen LogP contribution in [0.25, 0.3) is 0 Å². The summed E-state index contributed by atoms with van der Waals surface area (Å²) in [5.74, 6) is -7.58. The number of rotatable bonds is 20. The summed E-state index contributed by atoms with van der Waals surface area (Å²) in [5, 5.41) is 44.0. The molecule has 0 bridgehead atoms. The maximum atomic E-state index is 12.4. The number of cyclic esters (lactones) is 1. The molecule has 0 aromatic carbocycles. The quantitative estimate of drug-likeness (QED) is 0.0195. The Labute approximate surface area is 244 Å². The fourth-order valence-electron chi connectivity index (χ4n) is 3.21. The molecular weight excluding hydrogens is 605 g/mol. The van der Waals surface area contributed by atoms with Crippen molar-refractivity contribution in [2.24, 2.45) is 22.2 Å². The van der Waals surface area contributed by atoms with Gasteiger partial charge in [0.2, 0.25) is 17.7 Å². The van der Waals surface area contributed by atoms with Crippen molar-refractivity contribution in [3.05, 3.63) is 11.5 Å². The largest absolute Gasteiger partial charge is 0.527 e. The molecule has 1 heterocycles. The number of hydrogen-bond donors (Lipinski definition) is 11. The minimum atomic E-state index is -5.01. The lowest BCUT2D eigenvalue weighted by molar-refractivity contribution is -0.147. The smallest absolute Gasteiger partial charge is 0.505 e. The van der Waals surface area contributed by atoms with Gasteiger partial charge in [-0.2, -0.15) is 0 Å². The Kier molecular flexibility index (Phi) is 15.4. The highest BCUT2D eigenvalue weighted by Crippen LogP contribution is 2.47. The first kappa shape index (κ1) is 37.0. The van der Waals surface area contributed by atoms with E-state index in [1.54, 1.807) is 0 Å². The van der Waals surface area contributed by atoms with Crippen LogP contribution < -0.4 is 33.2 Å². The number of ether oxygens (including phenoxy) is 1. The molecule has 1 aliphatic rings. The number of nitrogens with zero attached hydrogens (tertiary/aromatic N) is 1. The maximum Gasteiger partial charge on any atom is 0.527 e. The molecule has 3 amide bonds. The molecule has 1 aliphatic heterocycles. The van der Waals surface area contributed by atoms with Gasteiger partial charge in [-0.25, -0.2) is 9.36 Å². The van der Waals surface area contributed by atoms with Crippen LogP contribution in [0.4, 0.5) is 0 Å². The Hall–Kier alpha value is -4.01. The Morgan fingerprint density at radius 3 is 2.42 bits per heavy atom. The molecule has 0 saturated heterocycles. The first-order chi connectivity index (χ1) is 20.1. The summed E-state index contributed by atoms with van der Waals surface area (Å²) in [6.45, 7) is -2.06. The lowest BCUT2D eigenvalue weighted by atomic mass is 10.1. The van der Waals surface area contributed by atoms with Crippen LogP contribution in [-0.4, -0.2) is 118 Å². The fourth-order valence-corrected chi connectivity index (χ4v) is 4.02. The number of aliphatic carboxylic acids is 1. The van der Waals surface area contributed by atoms with E-state index in [0.717, 1.165) is 0 Å². The third kappa shape index (κ3) is 13.7. The first-order valence-electron chi connectivity index (χ1n) is 12.6. The van der Waals surface area contributed by atoms with Crippen LogP contribution in [0.5, 0.6) is 0 Å². The number of carbonyl (C=O) groups is 5. The Bertz CT molecular complexity index is 1130. The van der Waals surface area contributed by atoms with E-state index in [0.29, 0.717) is 6.42 Å². The van der Waals surface area contributed by atoms with E-state index in [4.69, 9.17) is 27.4 Å². The molecule has 21 nitrogen and oxygen atoms in total. The molecule has 1 rings (SSSR count). The third-order valence-corrected chi connectivity index (χ3v) is 6.22. The SMILES string of the molecule is NC(N)=NCCCC(N)C(=O)NCC(=O)N[C@@H](CC(=O)O)C(=O)NCCCOP(=O)(O)OC1=C(O)C([C@@H](O)CO)OC1=O.